The Labute approximate surface area is 130 Å². The number of fused-ring (bicyclic) bond motifs is 1. The maximum absolute atomic E-state index is 12.7. The van der Waals surface area contributed by atoms with E-state index in [0.717, 1.165) is 4.90 Å². The van der Waals surface area contributed by atoms with E-state index in [-0.39, 0.29) is 17.7 Å². The second-order valence-corrected chi connectivity index (χ2v) is 7.33. The van der Waals surface area contributed by atoms with Gasteiger partial charge in [-0.3, -0.25) is 9.59 Å². The highest BCUT2D eigenvalue weighted by atomic mass is 32.2. The van der Waals surface area contributed by atoms with Crippen molar-refractivity contribution in [2.75, 3.05) is 6.54 Å². The highest BCUT2D eigenvalue weighted by Gasteiger charge is 2.47. The van der Waals surface area contributed by atoms with E-state index in [9.17, 15) is 9.59 Å². The average Bonchev–Trinajstić information content (AvgIpc) is 2.44. The van der Waals surface area contributed by atoms with E-state index in [1.807, 2.05) is 45.9 Å². The van der Waals surface area contributed by atoms with Gasteiger partial charge in [-0.15, -0.1) is 0 Å². The van der Waals surface area contributed by atoms with Crippen LogP contribution in [0.25, 0.3) is 0 Å². The molecule has 0 bridgehead atoms. The number of hydrogen-bond donors (Lipinski definition) is 2. The highest BCUT2D eigenvalue weighted by molar-refractivity contribution is 8.01. The monoisotopic (exact) mass is 306 g/mol. The maximum Gasteiger partial charge on any atom is 0.256 e. The first-order valence-electron chi connectivity index (χ1n) is 7.25. The molecule has 0 spiro atoms. The highest BCUT2D eigenvalue weighted by Crippen LogP contribution is 2.42. The van der Waals surface area contributed by atoms with Crippen LogP contribution in [0.4, 0.5) is 0 Å². The molecule has 0 aromatic heterocycles. The first-order valence-corrected chi connectivity index (χ1v) is 8.07. The lowest BCUT2D eigenvalue weighted by atomic mass is 10.0. The summed E-state index contributed by atoms with van der Waals surface area (Å²) in [6.07, 6.45) is 0. The van der Waals surface area contributed by atoms with E-state index in [0.29, 0.717) is 18.0 Å². The van der Waals surface area contributed by atoms with Gasteiger partial charge in [0.25, 0.3) is 11.8 Å². The Morgan fingerprint density at radius 3 is 2.57 bits per heavy atom. The lowest BCUT2D eigenvalue weighted by Crippen LogP contribution is -2.61. The number of benzene rings is 1. The van der Waals surface area contributed by atoms with Crippen molar-refractivity contribution in [2.24, 2.45) is 11.8 Å². The Morgan fingerprint density at radius 2 is 1.95 bits per heavy atom. The SMILES string of the molecule is CC(C)CNC(=O)[C@@]1(C(C)C)NC(=O)c2ccccc2S1. The third-order valence-electron chi connectivity index (χ3n) is 3.52. The molecule has 1 aliphatic heterocycles. The molecule has 4 nitrogen and oxygen atoms in total. The van der Waals surface area contributed by atoms with Crippen molar-refractivity contribution in [3.63, 3.8) is 0 Å². The molecule has 1 aliphatic rings. The summed E-state index contributed by atoms with van der Waals surface area (Å²) < 4.78 is 0. The summed E-state index contributed by atoms with van der Waals surface area (Å²) in [7, 11) is 0. The molecule has 0 unspecified atom stereocenters. The van der Waals surface area contributed by atoms with Crippen LogP contribution in [0, 0.1) is 11.8 Å². The molecule has 1 heterocycles. The molecule has 0 saturated heterocycles. The van der Waals surface area contributed by atoms with Crippen molar-refractivity contribution >= 4 is 23.6 Å². The summed E-state index contributed by atoms with van der Waals surface area (Å²) >= 11 is 1.43. The molecular formula is C16H22N2O2S. The number of nitrogens with one attached hydrogen (secondary N) is 2. The van der Waals surface area contributed by atoms with Crippen LogP contribution < -0.4 is 10.6 Å². The van der Waals surface area contributed by atoms with Gasteiger partial charge < -0.3 is 10.6 Å². The molecule has 2 amide bonds. The van der Waals surface area contributed by atoms with Gasteiger partial charge >= 0.3 is 0 Å². The van der Waals surface area contributed by atoms with Crippen molar-refractivity contribution in [1.29, 1.82) is 0 Å². The normalized spacial score (nSPS) is 21.1. The first-order chi connectivity index (χ1) is 9.86. The Hall–Kier alpha value is -1.49. The van der Waals surface area contributed by atoms with E-state index in [1.165, 1.54) is 11.8 Å². The second kappa shape index (κ2) is 6.10. The number of carbonyl (C=O) groups excluding carboxylic acids is 2. The largest absolute Gasteiger partial charge is 0.353 e. The number of thioether (sulfide) groups is 1. The minimum absolute atomic E-state index is 0.0213. The third-order valence-corrected chi connectivity index (χ3v) is 5.18. The summed E-state index contributed by atoms with van der Waals surface area (Å²) in [5.74, 6) is 0.0403. The molecule has 1 atom stereocenters. The van der Waals surface area contributed by atoms with Crippen molar-refractivity contribution < 1.29 is 9.59 Å². The molecule has 0 radical (unpaired) electrons. The van der Waals surface area contributed by atoms with Crippen LogP contribution >= 0.6 is 11.8 Å². The minimum Gasteiger partial charge on any atom is -0.353 e. The maximum atomic E-state index is 12.7. The fourth-order valence-electron chi connectivity index (χ4n) is 2.23. The molecule has 2 rings (SSSR count). The molecule has 0 fully saturated rings. The van der Waals surface area contributed by atoms with Crippen LogP contribution in [-0.2, 0) is 4.79 Å². The van der Waals surface area contributed by atoms with Gasteiger partial charge in [-0.1, -0.05) is 51.6 Å². The molecule has 1 aromatic rings. The predicted octanol–water partition coefficient (Wildman–Crippen LogP) is 2.65. The first kappa shape index (κ1) is 15.9. The zero-order valence-electron chi connectivity index (χ0n) is 12.9. The lowest BCUT2D eigenvalue weighted by Gasteiger charge is -2.39. The van der Waals surface area contributed by atoms with Gasteiger partial charge in [-0.25, -0.2) is 0 Å². The molecular weight excluding hydrogens is 284 g/mol. The number of hydrogen-bond acceptors (Lipinski definition) is 3. The molecule has 114 valence electrons. The number of carbonyl (C=O) groups is 2. The average molecular weight is 306 g/mol. The Bertz CT molecular complexity index is 557. The molecule has 2 N–H and O–H groups in total. The standard InChI is InChI=1S/C16H22N2O2S/c1-10(2)9-17-15(20)16(11(3)4)18-14(19)12-7-5-6-8-13(12)21-16/h5-8,10-11H,9H2,1-4H3,(H,17,20)(H,18,19)/t16-/m0/s1. The smallest absolute Gasteiger partial charge is 0.256 e. The van der Waals surface area contributed by atoms with E-state index < -0.39 is 4.87 Å². The van der Waals surface area contributed by atoms with E-state index in [2.05, 4.69) is 10.6 Å². The predicted molar refractivity (Wildman–Crippen MR) is 85.2 cm³/mol. The van der Waals surface area contributed by atoms with Gasteiger partial charge in [-0.05, 0) is 24.0 Å². The number of rotatable bonds is 4. The van der Waals surface area contributed by atoms with Crippen LogP contribution in [0.3, 0.4) is 0 Å². The van der Waals surface area contributed by atoms with Crippen molar-refractivity contribution in [3.05, 3.63) is 29.8 Å². The van der Waals surface area contributed by atoms with E-state index in [4.69, 9.17) is 0 Å². The van der Waals surface area contributed by atoms with Crippen LogP contribution in [-0.4, -0.2) is 23.2 Å². The summed E-state index contributed by atoms with van der Waals surface area (Å²) in [6.45, 7) is 8.60. The van der Waals surface area contributed by atoms with Gasteiger partial charge in [0, 0.05) is 11.4 Å². The van der Waals surface area contributed by atoms with Crippen LogP contribution in [0.15, 0.2) is 29.2 Å². The summed E-state index contributed by atoms with van der Waals surface area (Å²) in [6, 6.07) is 7.40. The quantitative estimate of drug-likeness (QED) is 0.899. The van der Waals surface area contributed by atoms with Crippen LogP contribution in [0.1, 0.15) is 38.1 Å². The van der Waals surface area contributed by atoms with Gasteiger partial charge in [-0.2, -0.15) is 0 Å². The van der Waals surface area contributed by atoms with E-state index in [1.54, 1.807) is 6.07 Å². The lowest BCUT2D eigenvalue weighted by molar-refractivity contribution is -0.125. The molecule has 21 heavy (non-hydrogen) atoms. The number of amides is 2. The van der Waals surface area contributed by atoms with Crippen molar-refractivity contribution in [1.82, 2.24) is 10.6 Å². The fourth-order valence-corrected chi connectivity index (χ4v) is 3.54. The summed E-state index contributed by atoms with van der Waals surface area (Å²) in [5, 5.41) is 5.87. The van der Waals surface area contributed by atoms with Crippen molar-refractivity contribution in [2.45, 2.75) is 37.5 Å². The van der Waals surface area contributed by atoms with Gasteiger partial charge in [0.05, 0.1) is 5.56 Å². The molecule has 1 aromatic carbocycles. The Balaban J connectivity index is 2.33. The van der Waals surface area contributed by atoms with Crippen LogP contribution in [0.2, 0.25) is 0 Å². The fraction of sp³-hybridized carbons (Fsp3) is 0.500. The van der Waals surface area contributed by atoms with Crippen molar-refractivity contribution in [3.8, 4) is 0 Å². The topological polar surface area (TPSA) is 58.2 Å². The Morgan fingerprint density at radius 1 is 1.29 bits per heavy atom. The van der Waals surface area contributed by atoms with Gasteiger partial charge in [0.1, 0.15) is 0 Å². The molecule has 5 heteroatoms. The molecule has 0 aliphatic carbocycles. The van der Waals surface area contributed by atoms with E-state index >= 15 is 0 Å². The van der Waals surface area contributed by atoms with Gasteiger partial charge in [0.2, 0.25) is 0 Å². The zero-order chi connectivity index (χ0) is 15.6. The summed E-state index contributed by atoms with van der Waals surface area (Å²) in [4.78, 5) is 24.9. The third kappa shape index (κ3) is 3.07. The molecule has 0 saturated carbocycles. The minimum atomic E-state index is -0.944. The van der Waals surface area contributed by atoms with Gasteiger partial charge in [0.15, 0.2) is 4.87 Å². The van der Waals surface area contributed by atoms with Crippen LogP contribution in [0.5, 0.6) is 0 Å². The second-order valence-electron chi connectivity index (χ2n) is 6.05. The summed E-state index contributed by atoms with van der Waals surface area (Å²) in [5.41, 5.74) is 0.635. The Kier molecular flexibility index (Phi) is 4.61. The zero-order valence-corrected chi connectivity index (χ0v) is 13.7.